The largest absolute Gasteiger partial charge is 0.381 e. The average molecular weight is 518 g/mol. The summed E-state index contributed by atoms with van der Waals surface area (Å²) in [5, 5.41) is 9.74. The molecule has 2 aliphatic rings. The molecule has 1 aromatic rings. The number of halogens is 1. The molecule has 0 saturated carbocycles. The van der Waals surface area contributed by atoms with Gasteiger partial charge in [0.1, 0.15) is 0 Å². The third kappa shape index (κ3) is 6.00. The number of para-hydroxylation sites is 1. The second kappa shape index (κ2) is 11.3. The minimum Gasteiger partial charge on any atom is -0.381 e. The molecule has 8 heteroatoms. The molecule has 28 heavy (non-hydrogen) atoms. The van der Waals surface area contributed by atoms with Gasteiger partial charge in [0.2, 0.25) is 5.91 Å². The van der Waals surface area contributed by atoms with E-state index in [4.69, 9.17) is 9.73 Å². The highest BCUT2D eigenvalue weighted by Crippen LogP contribution is 2.34. The molecule has 156 valence electrons. The van der Waals surface area contributed by atoms with E-state index in [-0.39, 0.29) is 40.5 Å². The van der Waals surface area contributed by atoms with Gasteiger partial charge >= 0.3 is 0 Å². The maximum Gasteiger partial charge on any atom is 0.225 e. The van der Waals surface area contributed by atoms with Crippen molar-refractivity contribution in [1.82, 2.24) is 10.6 Å². The Morgan fingerprint density at radius 1 is 1.32 bits per heavy atom. The summed E-state index contributed by atoms with van der Waals surface area (Å²) < 4.78 is 5.68. The van der Waals surface area contributed by atoms with E-state index in [0.717, 1.165) is 50.8 Å². The van der Waals surface area contributed by atoms with Crippen molar-refractivity contribution in [1.29, 1.82) is 0 Å². The van der Waals surface area contributed by atoms with Crippen LogP contribution in [0.2, 0.25) is 0 Å². The minimum absolute atomic E-state index is 0. The topological polar surface area (TPSA) is 74.8 Å². The van der Waals surface area contributed by atoms with Gasteiger partial charge in [-0.2, -0.15) is 11.8 Å². The lowest BCUT2D eigenvalue weighted by Crippen LogP contribution is -2.42. The average Bonchev–Trinajstić information content (AvgIpc) is 2.70. The first-order chi connectivity index (χ1) is 13.2. The second-order valence-corrected chi connectivity index (χ2v) is 8.39. The number of benzene rings is 1. The molecule has 6 nitrogen and oxygen atoms in total. The fourth-order valence-corrected chi connectivity index (χ4v) is 4.41. The normalized spacial score (nSPS) is 21.1. The molecule has 1 amide bonds. The van der Waals surface area contributed by atoms with E-state index < -0.39 is 0 Å². The summed E-state index contributed by atoms with van der Waals surface area (Å²) >= 11 is 1.89. The van der Waals surface area contributed by atoms with Crippen molar-refractivity contribution in [2.45, 2.75) is 36.9 Å². The number of carbonyl (C=O) groups is 1. The van der Waals surface area contributed by atoms with Gasteiger partial charge in [-0.15, -0.1) is 24.0 Å². The molecule has 0 radical (unpaired) electrons. The number of nitrogens with one attached hydrogen (secondary N) is 3. The van der Waals surface area contributed by atoms with Crippen LogP contribution in [-0.4, -0.2) is 55.7 Å². The maximum absolute atomic E-state index is 12.0. The van der Waals surface area contributed by atoms with Crippen molar-refractivity contribution in [3.63, 3.8) is 0 Å². The summed E-state index contributed by atoms with van der Waals surface area (Å²) in [4.78, 5) is 16.9. The van der Waals surface area contributed by atoms with Crippen LogP contribution in [0.25, 0.3) is 0 Å². The molecule has 0 aliphatic carbocycles. The van der Waals surface area contributed by atoms with Crippen molar-refractivity contribution >= 4 is 53.3 Å². The van der Waals surface area contributed by atoms with Gasteiger partial charge in [-0.1, -0.05) is 18.2 Å². The molecule has 3 rings (SSSR count). The Balaban J connectivity index is 0.00000280. The molecule has 0 aromatic heterocycles. The van der Waals surface area contributed by atoms with Crippen molar-refractivity contribution < 1.29 is 9.53 Å². The van der Waals surface area contributed by atoms with Gasteiger partial charge in [0, 0.05) is 49.1 Å². The zero-order valence-electron chi connectivity index (χ0n) is 16.6. The molecule has 0 spiro atoms. The predicted molar refractivity (Wildman–Crippen MR) is 128 cm³/mol. The van der Waals surface area contributed by atoms with Gasteiger partial charge < -0.3 is 20.7 Å². The molecular formula is C20H31IN4O2S. The van der Waals surface area contributed by atoms with E-state index in [9.17, 15) is 4.79 Å². The zero-order valence-corrected chi connectivity index (χ0v) is 19.8. The number of ether oxygens (including phenoxy) is 1. The van der Waals surface area contributed by atoms with E-state index in [1.165, 1.54) is 5.56 Å². The number of amides is 1. The van der Waals surface area contributed by atoms with E-state index in [1.54, 1.807) is 0 Å². The summed E-state index contributed by atoms with van der Waals surface area (Å²) in [5.74, 6) is 1.04. The van der Waals surface area contributed by atoms with Crippen LogP contribution in [0.4, 0.5) is 5.69 Å². The van der Waals surface area contributed by atoms with E-state index in [1.807, 2.05) is 30.0 Å². The number of rotatable bonds is 6. The summed E-state index contributed by atoms with van der Waals surface area (Å²) in [5.41, 5.74) is 2.11. The zero-order chi connectivity index (χ0) is 19.1. The summed E-state index contributed by atoms with van der Waals surface area (Å²) in [6, 6.07) is 8.04. The van der Waals surface area contributed by atoms with Crippen LogP contribution >= 0.6 is 35.7 Å². The first-order valence-corrected chi connectivity index (χ1v) is 10.9. The molecule has 1 fully saturated rings. The van der Waals surface area contributed by atoms with Crippen molar-refractivity contribution in [2.75, 3.05) is 44.4 Å². The second-order valence-electron chi connectivity index (χ2n) is 7.11. The molecule has 2 aliphatic heterocycles. The fraction of sp³-hybridized carbons (Fsp3) is 0.600. The Labute approximate surface area is 189 Å². The smallest absolute Gasteiger partial charge is 0.225 e. The third-order valence-corrected chi connectivity index (χ3v) is 6.73. The van der Waals surface area contributed by atoms with Crippen molar-refractivity contribution in [2.24, 2.45) is 4.99 Å². The Morgan fingerprint density at radius 2 is 2.07 bits per heavy atom. The van der Waals surface area contributed by atoms with Gasteiger partial charge in [-0.25, -0.2) is 0 Å². The van der Waals surface area contributed by atoms with Gasteiger partial charge in [0.05, 0.1) is 6.54 Å². The lowest BCUT2D eigenvalue weighted by molar-refractivity contribution is -0.116. The predicted octanol–water partition coefficient (Wildman–Crippen LogP) is 3.20. The van der Waals surface area contributed by atoms with Crippen molar-refractivity contribution in [3.8, 4) is 0 Å². The van der Waals surface area contributed by atoms with Crippen molar-refractivity contribution in [3.05, 3.63) is 29.8 Å². The quantitative estimate of drug-likeness (QED) is 0.307. The summed E-state index contributed by atoms with van der Waals surface area (Å²) in [7, 11) is 0. The van der Waals surface area contributed by atoms with Crippen LogP contribution in [0.5, 0.6) is 0 Å². The first kappa shape index (κ1) is 23.3. The molecule has 1 aromatic carbocycles. The Bertz CT molecular complexity index is 680. The number of nitrogens with zero attached hydrogens (tertiary/aromatic N) is 1. The van der Waals surface area contributed by atoms with Crippen LogP contribution in [0.1, 0.15) is 37.7 Å². The van der Waals surface area contributed by atoms with Gasteiger partial charge in [0.25, 0.3) is 0 Å². The standard InChI is InChI=1S/C20H30N4O2S.HI/c1-3-21-19(23-14-20(27-2)8-10-26-11-9-20)22-13-15-12-18(25)24-17-7-5-4-6-16(15)17;/h4-7,15H,3,8-14H2,1-2H3,(H,24,25)(H2,21,22,23);1H. The highest BCUT2D eigenvalue weighted by atomic mass is 127. The van der Waals surface area contributed by atoms with Crippen LogP contribution < -0.4 is 16.0 Å². The summed E-state index contributed by atoms with van der Waals surface area (Å²) in [6.07, 6.45) is 4.73. The summed E-state index contributed by atoms with van der Waals surface area (Å²) in [6.45, 7) is 5.96. The molecular weight excluding hydrogens is 487 g/mol. The Kier molecular flexibility index (Phi) is 9.36. The van der Waals surface area contributed by atoms with Crippen LogP contribution in [-0.2, 0) is 9.53 Å². The van der Waals surface area contributed by atoms with Gasteiger partial charge in [0.15, 0.2) is 5.96 Å². The van der Waals surface area contributed by atoms with Crippen LogP contribution in [0, 0.1) is 0 Å². The molecule has 1 unspecified atom stereocenters. The number of fused-ring (bicyclic) bond motifs is 1. The monoisotopic (exact) mass is 518 g/mol. The number of carbonyl (C=O) groups excluding carboxylic acids is 1. The first-order valence-electron chi connectivity index (χ1n) is 9.69. The Hall–Kier alpha value is -1.000. The third-order valence-electron chi connectivity index (χ3n) is 5.33. The fourth-order valence-electron chi connectivity index (χ4n) is 3.64. The number of guanidine groups is 1. The van der Waals surface area contributed by atoms with E-state index in [2.05, 4.69) is 35.2 Å². The minimum atomic E-state index is 0. The van der Waals surface area contributed by atoms with Crippen LogP contribution in [0.15, 0.2) is 29.3 Å². The lowest BCUT2D eigenvalue weighted by atomic mass is 9.90. The molecule has 3 N–H and O–H groups in total. The van der Waals surface area contributed by atoms with Gasteiger partial charge in [-0.05, 0) is 37.7 Å². The number of anilines is 1. The SMILES string of the molecule is CCNC(=NCC1(SC)CCOCC1)NCC1CC(=O)Nc2ccccc21.I. The van der Waals surface area contributed by atoms with Gasteiger partial charge in [-0.3, -0.25) is 9.79 Å². The number of hydrogen-bond acceptors (Lipinski definition) is 4. The van der Waals surface area contributed by atoms with E-state index >= 15 is 0 Å². The number of aliphatic imine (C=N–C) groups is 1. The Morgan fingerprint density at radius 3 is 2.79 bits per heavy atom. The lowest BCUT2D eigenvalue weighted by Gasteiger charge is -2.34. The molecule has 1 atom stereocenters. The molecule has 0 bridgehead atoms. The molecule has 1 saturated heterocycles. The highest BCUT2D eigenvalue weighted by molar-refractivity contribution is 14.0. The van der Waals surface area contributed by atoms with E-state index in [0.29, 0.717) is 13.0 Å². The number of thioether (sulfide) groups is 1. The highest BCUT2D eigenvalue weighted by Gasteiger charge is 2.31. The maximum atomic E-state index is 12.0. The number of hydrogen-bond donors (Lipinski definition) is 3. The molecule has 2 heterocycles. The van der Waals surface area contributed by atoms with Crippen LogP contribution in [0.3, 0.4) is 0 Å².